The van der Waals surface area contributed by atoms with E-state index in [1.54, 1.807) is 48.5 Å². The monoisotopic (exact) mass is 387 g/mol. The predicted molar refractivity (Wildman–Crippen MR) is 104 cm³/mol. The molecule has 0 aliphatic rings. The van der Waals surface area contributed by atoms with Crippen molar-refractivity contribution in [1.29, 1.82) is 0 Å². The van der Waals surface area contributed by atoms with Gasteiger partial charge < -0.3 is 14.8 Å². The lowest BCUT2D eigenvalue weighted by molar-refractivity contribution is -0.119. The summed E-state index contributed by atoms with van der Waals surface area (Å²) >= 11 is 1.26. The molecule has 2 rings (SSSR count). The summed E-state index contributed by atoms with van der Waals surface area (Å²) in [4.78, 5) is 36.0. The number of thioether (sulfide) groups is 1. The van der Waals surface area contributed by atoms with Gasteiger partial charge in [-0.15, -0.1) is 11.8 Å². The van der Waals surface area contributed by atoms with Crippen LogP contribution in [0.5, 0.6) is 5.75 Å². The summed E-state index contributed by atoms with van der Waals surface area (Å²) < 4.78 is 10.4. The van der Waals surface area contributed by atoms with E-state index in [4.69, 9.17) is 9.47 Å². The van der Waals surface area contributed by atoms with Gasteiger partial charge in [0.15, 0.2) is 6.61 Å². The van der Waals surface area contributed by atoms with Crippen LogP contribution in [0.2, 0.25) is 0 Å². The Bertz CT molecular complexity index is 804. The van der Waals surface area contributed by atoms with E-state index in [0.717, 1.165) is 0 Å². The Balaban J connectivity index is 1.89. The van der Waals surface area contributed by atoms with Gasteiger partial charge in [0, 0.05) is 10.6 Å². The summed E-state index contributed by atoms with van der Waals surface area (Å²) in [7, 11) is 0. The SMILES string of the molecule is CCOc1ccc(NC(=O)COC(=O)c2ccccc2SCC(C)=O)cc1. The number of anilines is 1. The van der Waals surface area contributed by atoms with Gasteiger partial charge in [-0.1, -0.05) is 12.1 Å². The first-order valence-electron chi connectivity index (χ1n) is 8.40. The molecule has 0 aromatic heterocycles. The Morgan fingerprint density at radius 1 is 1.04 bits per heavy atom. The number of rotatable bonds is 9. The molecule has 0 atom stereocenters. The van der Waals surface area contributed by atoms with Crippen LogP contribution in [0.1, 0.15) is 24.2 Å². The van der Waals surface area contributed by atoms with Gasteiger partial charge in [0.05, 0.1) is 17.9 Å². The summed E-state index contributed by atoms with van der Waals surface area (Å²) in [5.41, 5.74) is 0.912. The lowest BCUT2D eigenvalue weighted by Crippen LogP contribution is -2.21. The standard InChI is InChI=1S/C20H21NO5S/c1-3-25-16-10-8-15(9-11-16)21-19(23)12-26-20(24)17-6-4-5-7-18(17)27-13-14(2)22/h4-11H,3,12-13H2,1-2H3,(H,21,23). The second-order valence-corrected chi connectivity index (χ2v) is 6.59. The number of hydrogen-bond acceptors (Lipinski definition) is 6. The lowest BCUT2D eigenvalue weighted by atomic mass is 10.2. The molecule has 2 aromatic rings. The van der Waals surface area contributed by atoms with E-state index >= 15 is 0 Å². The van der Waals surface area contributed by atoms with Crippen LogP contribution in [-0.4, -0.2) is 36.6 Å². The molecule has 142 valence electrons. The molecule has 0 radical (unpaired) electrons. The molecule has 0 spiro atoms. The summed E-state index contributed by atoms with van der Waals surface area (Å²) in [5.74, 6) is -0.0629. The number of hydrogen-bond donors (Lipinski definition) is 1. The van der Waals surface area contributed by atoms with Gasteiger partial charge in [-0.2, -0.15) is 0 Å². The third-order valence-corrected chi connectivity index (χ3v) is 4.54. The van der Waals surface area contributed by atoms with Crippen molar-refractivity contribution in [1.82, 2.24) is 0 Å². The van der Waals surface area contributed by atoms with E-state index in [1.165, 1.54) is 18.7 Å². The van der Waals surface area contributed by atoms with Crippen molar-refractivity contribution in [2.45, 2.75) is 18.7 Å². The molecule has 1 amide bonds. The van der Waals surface area contributed by atoms with E-state index < -0.39 is 18.5 Å². The molecule has 27 heavy (non-hydrogen) atoms. The topological polar surface area (TPSA) is 81.7 Å². The largest absolute Gasteiger partial charge is 0.494 e. The molecule has 7 heteroatoms. The van der Waals surface area contributed by atoms with Crippen molar-refractivity contribution < 1.29 is 23.9 Å². The van der Waals surface area contributed by atoms with Crippen molar-refractivity contribution in [3.05, 3.63) is 54.1 Å². The van der Waals surface area contributed by atoms with Crippen LogP contribution in [0.3, 0.4) is 0 Å². The Morgan fingerprint density at radius 2 is 1.74 bits per heavy atom. The molecule has 0 aliphatic carbocycles. The minimum atomic E-state index is -0.608. The Kier molecular flexibility index (Phi) is 7.88. The number of ether oxygens (including phenoxy) is 2. The van der Waals surface area contributed by atoms with Crippen LogP contribution in [-0.2, 0) is 14.3 Å². The number of ketones is 1. The summed E-state index contributed by atoms with van der Waals surface area (Å²) in [6, 6.07) is 13.7. The maximum absolute atomic E-state index is 12.3. The van der Waals surface area contributed by atoms with Gasteiger partial charge in [0.1, 0.15) is 11.5 Å². The third-order valence-electron chi connectivity index (χ3n) is 3.32. The first-order valence-corrected chi connectivity index (χ1v) is 9.39. The van der Waals surface area contributed by atoms with E-state index in [9.17, 15) is 14.4 Å². The van der Waals surface area contributed by atoms with Gasteiger partial charge >= 0.3 is 5.97 Å². The molecule has 0 saturated carbocycles. The molecule has 0 saturated heterocycles. The molecular weight excluding hydrogens is 366 g/mol. The Hall–Kier alpha value is -2.80. The van der Waals surface area contributed by atoms with Crippen molar-refractivity contribution in [3.63, 3.8) is 0 Å². The van der Waals surface area contributed by atoms with E-state index in [1.807, 2.05) is 6.92 Å². The number of amides is 1. The fraction of sp³-hybridized carbons (Fsp3) is 0.250. The van der Waals surface area contributed by atoms with Crippen LogP contribution in [0.15, 0.2) is 53.4 Å². The summed E-state index contributed by atoms with van der Waals surface area (Å²) in [6.45, 7) is 3.53. The number of Topliss-reactive ketones (excluding diaryl/α,β-unsaturated/α-hetero) is 1. The average molecular weight is 387 g/mol. The highest BCUT2D eigenvalue weighted by Gasteiger charge is 2.15. The smallest absolute Gasteiger partial charge is 0.339 e. The second-order valence-electron chi connectivity index (χ2n) is 5.57. The maximum Gasteiger partial charge on any atom is 0.339 e. The van der Waals surface area contributed by atoms with Gasteiger partial charge in [-0.05, 0) is 50.2 Å². The van der Waals surface area contributed by atoms with Crippen LogP contribution >= 0.6 is 11.8 Å². The molecular formula is C20H21NO5S. The fourth-order valence-electron chi connectivity index (χ4n) is 2.15. The lowest BCUT2D eigenvalue weighted by Gasteiger charge is -2.10. The molecule has 6 nitrogen and oxygen atoms in total. The minimum absolute atomic E-state index is 0.0119. The molecule has 0 bridgehead atoms. The zero-order chi connectivity index (χ0) is 19.6. The highest BCUT2D eigenvalue weighted by atomic mass is 32.2. The summed E-state index contributed by atoms with van der Waals surface area (Å²) in [6.07, 6.45) is 0. The van der Waals surface area contributed by atoms with Crippen LogP contribution in [0.4, 0.5) is 5.69 Å². The predicted octanol–water partition coefficient (Wildman–Crippen LogP) is 3.56. The van der Waals surface area contributed by atoms with E-state index in [2.05, 4.69) is 5.32 Å². The minimum Gasteiger partial charge on any atom is -0.494 e. The highest BCUT2D eigenvalue weighted by molar-refractivity contribution is 8.00. The van der Waals surface area contributed by atoms with Gasteiger partial charge in [-0.25, -0.2) is 4.79 Å². The first-order chi connectivity index (χ1) is 13.0. The molecule has 2 aromatic carbocycles. The fourth-order valence-corrected chi connectivity index (χ4v) is 2.99. The van der Waals surface area contributed by atoms with Crippen molar-refractivity contribution in [2.75, 3.05) is 24.3 Å². The first kappa shape index (κ1) is 20.5. The Labute approximate surface area is 162 Å². The number of carbonyl (C=O) groups excluding carboxylic acids is 3. The Morgan fingerprint density at radius 3 is 2.41 bits per heavy atom. The van der Waals surface area contributed by atoms with Crippen molar-refractivity contribution >= 4 is 35.1 Å². The van der Waals surface area contributed by atoms with Crippen LogP contribution < -0.4 is 10.1 Å². The number of nitrogens with one attached hydrogen (secondary N) is 1. The molecule has 0 heterocycles. The van der Waals surface area contributed by atoms with Gasteiger partial charge in [0.2, 0.25) is 0 Å². The molecule has 0 aliphatic heterocycles. The zero-order valence-corrected chi connectivity index (χ0v) is 16.0. The normalized spacial score (nSPS) is 10.1. The van der Waals surface area contributed by atoms with Crippen molar-refractivity contribution in [3.8, 4) is 5.75 Å². The second kappa shape index (κ2) is 10.4. The maximum atomic E-state index is 12.3. The van der Waals surface area contributed by atoms with Gasteiger partial charge in [0.25, 0.3) is 5.91 Å². The number of carbonyl (C=O) groups is 3. The van der Waals surface area contributed by atoms with Crippen LogP contribution in [0.25, 0.3) is 0 Å². The molecule has 0 unspecified atom stereocenters. The van der Waals surface area contributed by atoms with E-state index in [-0.39, 0.29) is 11.5 Å². The highest BCUT2D eigenvalue weighted by Crippen LogP contribution is 2.23. The third kappa shape index (κ3) is 6.79. The van der Waals surface area contributed by atoms with Crippen molar-refractivity contribution in [2.24, 2.45) is 0 Å². The van der Waals surface area contributed by atoms with Gasteiger partial charge in [-0.3, -0.25) is 9.59 Å². The number of esters is 1. The molecule has 0 fully saturated rings. The zero-order valence-electron chi connectivity index (χ0n) is 15.2. The average Bonchev–Trinajstić information content (AvgIpc) is 2.66. The number of benzene rings is 2. The van der Waals surface area contributed by atoms with E-state index in [0.29, 0.717) is 28.5 Å². The summed E-state index contributed by atoms with van der Waals surface area (Å²) in [5, 5.41) is 2.65. The molecule has 1 N–H and O–H groups in total. The van der Waals surface area contributed by atoms with Crippen LogP contribution in [0, 0.1) is 0 Å². The quantitative estimate of drug-likeness (QED) is 0.523.